The molecule has 0 aliphatic heterocycles. The highest BCUT2D eigenvalue weighted by molar-refractivity contribution is 6.02. The van der Waals surface area contributed by atoms with E-state index in [-0.39, 0.29) is 5.91 Å². The van der Waals surface area contributed by atoms with E-state index in [9.17, 15) is 4.79 Å². The highest BCUT2D eigenvalue weighted by atomic mass is 16.1. The van der Waals surface area contributed by atoms with Crippen molar-refractivity contribution in [3.8, 4) is 0 Å². The lowest BCUT2D eigenvalue weighted by Crippen LogP contribution is -2.18. The molecule has 23 heavy (non-hydrogen) atoms. The highest BCUT2D eigenvalue weighted by Gasteiger charge is 2.17. The average Bonchev–Trinajstić information content (AvgIpc) is 2.84. The van der Waals surface area contributed by atoms with E-state index in [0.717, 1.165) is 27.8 Å². The van der Waals surface area contributed by atoms with Gasteiger partial charge in [-0.3, -0.25) is 4.79 Å². The van der Waals surface area contributed by atoms with Crippen LogP contribution in [0.15, 0.2) is 23.3 Å². The quantitative estimate of drug-likeness (QED) is 0.457. The van der Waals surface area contributed by atoms with E-state index in [1.165, 1.54) is 32.1 Å². The number of nitrogens with zero attached hydrogens (tertiary/aromatic N) is 1. The minimum Gasteiger partial charge on any atom is -0.358 e. The first-order valence-corrected chi connectivity index (χ1v) is 8.33. The Morgan fingerprint density at radius 1 is 1.39 bits per heavy atom. The summed E-state index contributed by atoms with van der Waals surface area (Å²) in [4.78, 5) is 15.5. The molecule has 1 aromatic carbocycles. The summed E-state index contributed by atoms with van der Waals surface area (Å²) < 4.78 is 0. The molecule has 1 aliphatic rings. The van der Waals surface area contributed by atoms with Crippen LogP contribution in [0.2, 0.25) is 0 Å². The van der Waals surface area contributed by atoms with Gasteiger partial charge in [0, 0.05) is 34.3 Å². The van der Waals surface area contributed by atoms with Crippen LogP contribution in [-0.2, 0) is 4.79 Å². The maximum absolute atomic E-state index is 12.2. The molecule has 3 rings (SSSR count). The second kappa shape index (κ2) is 6.86. The molecule has 1 aromatic heterocycles. The van der Waals surface area contributed by atoms with Gasteiger partial charge in [-0.2, -0.15) is 5.10 Å². The second-order valence-corrected chi connectivity index (χ2v) is 6.46. The fraction of sp³-hybridized carbons (Fsp3) is 0.444. The summed E-state index contributed by atoms with van der Waals surface area (Å²) in [6, 6.07) is 5.89. The topological polar surface area (TPSA) is 83.3 Å². The summed E-state index contributed by atoms with van der Waals surface area (Å²) in [7, 11) is 0. The summed E-state index contributed by atoms with van der Waals surface area (Å²) in [5.41, 5.74) is 3.81. The third-order valence-electron chi connectivity index (χ3n) is 4.72. The van der Waals surface area contributed by atoms with Gasteiger partial charge in [-0.05, 0) is 37.8 Å². The first kappa shape index (κ1) is 15.6. The fourth-order valence-electron chi connectivity index (χ4n) is 3.54. The van der Waals surface area contributed by atoms with Crippen molar-refractivity contribution in [2.45, 2.75) is 45.4 Å². The maximum Gasteiger partial charge on any atom is 0.224 e. The first-order valence-electron chi connectivity index (χ1n) is 8.33. The van der Waals surface area contributed by atoms with Crippen LogP contribution in [0.4, 0.5) is 5.69 Å². The van der Waals surface area contributed by atoms with Gasteiger partial charge in [0.25, 0.3) is 0 Å². The number of aromatic nitrogens is 1. The maximum atomic E-state index is 12.2. The van der Waals surface area contributed by atoms with Crippen LogP contribution < -0.4 is 11.2 Å². The largest absolute Gasteiger partial charge is 0.358 e. The number of hydrazone groups is 1. The van der Waals surface area contributed by atoms with E-state index >= 15 is 0 Å². The number of aromatic amines is 1. The van der Waals surface area contributed by atoms with Crippen LogP contribution in [0.25, 0.3) is 10.9 Å². The molecule has 0 atom stereocenters. The molecule has 2 aromatic rings. The SMILES string of the molecule is Cc1[nH]c2cc(NC(=O)CC3CCCCC3)ccc2c1/C=N\N. The first-order chi connectivity index (χ1) is 11.2. The molecule has 0 bridgehead atoms. The van der Waals surface area contributed by atoms with Gasteiger partial charge in [0.2, 0.25) is 5.91 Å². The van der Waals surface area contributed by atoms with Crippen molar-refractivity contribution in [2.75, 3.05) is 5.32 Å². The summed E-state index contributed by atoms with van der Waals surface area (Å²) in [5.74, 6) is 5.93. The van der Waals surface area contributed by atoms with E-state index in [0.29, 0.717) is 12.3 Å². The molecule has 0 spiro atoms. The summed E-state index contributed by atoms with van der Waals surface area (Å²) in [5, 5.41) is 7.69. The van der Waals surface area contributed by atoms with Crippen LogP contribution in [0.3, 0.4) is 0 Å². The number of hydrogen-bond acceptors (Lipinski definition) is 3. The van der Waals surface area contributed by atoms with Crippen molar-refractivity contribution in [1.29, 1.82) is 0 Å². The number of carbonyl (C=O) groups is 1. The molecule has 0 saturated heterocycles. The van der Waals surface area contributed by atoms with E-state index in [1.54, 1.807) is 6.21 Å². The molecule has 1 heterocycles. The molecule has 5 heteroatoms. The van der Waals surface area contributed by atoms with Crippen LogP contribution in [0, 0.1) is 12.8 Å². The van der Waals surface area contributed by atoms with Gasteiger partial charge in [-0.1, -0.05) is 25.3 Å². The van der Waals surface area contributed by atoms with Crippen LogP contribution >= 0.6 is 0 Å². The smallest absolute Gasteiger partial charge is 0.224 e. The minimum atomic E-state index is 0.114. The number of H-pyrrole nitrogens is 1. The molecule has 0 radical (unpaired) electrons. The molecule has 1 aliphatic carbocycles. The van der Waals surface area contributed by atoms with Crippen LogP contribution in [0.1, 0.15) is 49.8 Å². The lowest BCUT2D eigenvalue weighted by Gasteiger charge is -2.20. The Balaban J connectivity index is 1.71. The second-order valence-electron chi connectivity index (χ2n) is 6.46. The van der Waals surface area contributed by atoms with Crippen molar-refractivity contribution in [3.05, 3.63) is 29.5 Å². The predicted molar refractivity (Wildman–Crippen MR) is 94.6 cm³/mol. The normalized spacial score (nSPS) is 16.2. The Hall–Kier alpha value is -2.30. The monoisotopic (exact) mass is 312 g/mol. The minimum absolute atomic E-state index is 0.114. The molecular weight excluding hydrogens is 288 g/mol. The molecule has 4 N–H and O–H groups in total. The van der Waals surface area contributed by atoms with E-state index in [2.05, 4.69) is 15.4 Å². The van der Waals surface area contributed by atoms with E-state index < -0.39 is 0 Å². The molecule has 122 valence electrons. The van der Waals surface area contributed by atoms with Crippen LogP contribution in [0.5, 0.6) is 0 Å². The number of nitrogens with two attached hydrogens (primary N) is 1. The Morgan fingerprint density at radius 3 is 2.91 bits per heavy atom. The Kier molecular flexibility index (Phi) is 4.65. The van der Waals surface area contributed by atoms with Gasteiger partial charge in [0.15, 0.2) is 0 Å². The van der Waals surface area contributed by atoms with Crippen LogP contribution in [-0.4, -0.2) is 17.1 Å². The fourth-order valence-corrected chi connectivity index (χ4v) is 3.54. The lowest BCUT2D eigenvalue weighted by molar-refractivity contribution is -0.117. The van der Waals surface area contributed by atoms with Crippen molar-refractivity contribution in [2.24, 2.45) is 16.9 Å². The number of rotatable bonds is 4. The number of amides is 1. The highest BCUT2D eigenvalue weighted by Crippen LogP contribution is 2.27. The standard InChI is InChI=1S/C18H24N4O/c1-12-16(11-20-19)15-8-7-14(10-17(15)21-12)22-18(23)9-13-5-3-2-4-6-13/h7-8,10-11,13,21H,2-6,9,19H2,1H3,(H,22,23)/b20-11-. The molecule has 5 nitrogen and oxygen atoms in total. The summed E-state index contributed by atoms with van der Waals surface area (Å²) >= 11 is 0. The number of aryl methyl sites for hydroxylation is 1. The van der Waals surface area contributed by atoms with E-state index in [4.69, 9.17) is 5.84 Å². The predicted octanol–water partition coefficient (Wildman–Crippen LogP) is 3.68. The molecule has 0 unspecified atom stereocenters. The Labute approximate surface area is 136 Å². The third kappa shape index (κ3) is 3.55. The number of hydrogen-bond donors (Lipinski definition) is 3. The van der Waals surface area contributed by atoms with Gasteiger partial charge in [-0.25, -0.2) is 0 Å². The van der Waals surface area contributed by atoms with Crippen molar-refractivity contribution in [1.82, 2.24) is 4.98 Å². The van der Waals surface area contributed by atoms with Gasteiger partial charge in [-0.15, -0.1) is 0 Å². The third-order valence-corrected chi connectivity index (χ3v) is 4.72. The number of anilines is 1. The zero-order chi connectivity index (χ0) is 16.2. The van der Waals surface area contributed by atoms with Gasteiger partial charge in [0.1, 0.15) is 0 Å². The lowest BCUT2D eigenvalue weighted by atomic mass is 9.87. The number of benzene rings is 1. The number of fused-ring (bicyclic) bond motifs is 1. The Bertz CT molecular complexity index is 726. The summed E-state index contributed by atoms with van der Waals surface area (Å²) in [6.07, 6.45) is 8.49. The zero-order valence-corrected chi connectivity index (χ0v) is 13.6. The zero-order valence-electron chi connectivity index (χ0n) is 13.6. The summed E-state index contributed by atoms with van der Waals surface area (Å²) in [6.45, 7) is 1.98. The van der Waals surface area contributed by atoms with Gasteiger partial charge >= 0.3 is 0 Å². The van der Waals surface area contributed by atoms with Gasteiger partial charge < -0.3 is 16.1 Å². The van der Waals surface area contributed by atoms with Crippen molar-refractivity contribution < 1.29 is 4.79 Å². The van der Waals surface area contributed by atoms with Crippen molar-refractivity contribution in [3.63, 3.8) is 0 Å². The molecule has 1 saturated carbocycles. The number of carbonyl (C=O) groups excluding carboxylic acids is 1. The molecular formula is C18H24N4O. The average molecular weight is 312 g/mol. The van der Waals surface area contributed by atoms with Crippen molar-refractivity contribution >= 4 is 28.7 Å². The Morgan fingerprint density at radius 2 is 2.17 bits per heavy atom. The van der Waals surface area contributed by atoms with E-state index in [1.807, 2.05) is 25.1 Å². The molecule has 1 amide bonds. The molecule has 1 fully saturated rings. The number of nitrogens with one attached hydrogen (secondary N) is 2. The van der Waals surface area contributed by atoms with Gasteiger partial charge in [0.05, 0.1) is 6.21 Å².